The molecule has 0 saturated heterocycles. The van der Waals surface area contributed by atoms with Crippen LogP contribution in [0.15, 0.2) is 4.90 Å². The number of nitrogens with zero attached hydrogens (tertiary/aromatic N) is 1. The van der Waals surface area contributed by atoms with Crippen molar-refractivity contribution in [2.45, 2.75) is 6.82 Å². The molecule has 4 heavy (non-hydrogen) atoms. The molecule has 0 amide bonds. The Labute approximate surface area is 27.0 Å². The zero-order valence-electron chi connectivity index (χ0n) is 2.73. The van der Waals surface area contributed by atoms with Crippen LogP contribution in [0.4, 0.5) is 0 Å². The minimum Gasteiger partial charge on any atom is -0.363 e. The third kappa shape index (κ3) is 1.73. The van der Waals surface area contributed by atoms with E-state index in [1.165, 1.54) is 0 Å². The van der Waals surface area contributed by atoms with Gasteiger partial charge in [-0.2, -0.15) is 0 Å². The van der Waals surface area contributed by atoms with Crippen LogP contribution < -0.4 is 0 Å². The Morgan fingerprint density at radius 3 is 2.25 bits per heavy atom. The molecule has 0 rings (SSSR count). The fourth-order valence-corrected chi connectivity index (χ4v) is 0. The fourth-order valence-electron chi connectivity index (χ4n) is 0. The smallest absolute Gasteiger partial charge is 0.270 e. The molecule has 0 bridgehead atoms. The average Bonchev–Trinajstić information content (AvgIpc) is 1.37. The van der Waals surface area contributed by atoms with Gasteiger partial charge >= 0.3 is 0 Å². The predicted molar refractivity (Wildman–Crippen MR) is 21.2 cm³/mol. The monoisotopic (exact) mass is 54.1 g/mol. The summed E-state index contributed by atoms with van der Waals surface area (Å²) < 4.78 is 0. The maximum absolute atomic E-state index is 3.36. The normalized spacial score (nSPS) is 5.25. The van der Waals surface area contributed by atoms with Gasteiger partial charge in [-0.1, -0.05) is 6.82 Å². The predicted octanol–water partition coefficient (Wildman–Crippen LogP) is 0.354. The summed E-state index contributed by atoms with van der Waals surface area (Å²) in [5.41, 5.74) is 0. The van der Waals surface area contributed by atoms with Crippen molar-refractivity contribution in [3.8, 4) is 0 Å². The summed E-state index contributed by atoms with van der Waals surface area (Å²) >= 11 is 0. The van der Waals surface area contributed by atoms with Gasteiger partial charge in [0.2, 0.25) is 0 Å². The van der Waals surface area contributed by atoms with E-state index in [-0.39, 0.29) is 0 Å². The van der Waals surface area contributed by atoms with Gasteiger partial charge in [-0.05, 0) is 6.72 Å². The van der Waals surface area contributed by atoms with Crippen molar-refractivity contribution in [1.29, 1.82) is 0 Å². The van der Waals surface area contributed by atoms with Crippen molar-refractivity contribution < 1.29 is 0 Å². The van der Waals surface area contributed by atoms with E-state index in [0.717, 1.165) is 0 Å². The quantitative estimate of drug-likeness (QED) is 0.302. The van der Waals surface area contributed by atoms with Crippen LogP contribution in [0.1, 0.15) is 0 Å². The van der Waals surface area contributed by atoms with E-state index in [9.17, 15) is 0 Å². The molecule has 0 aliphatic heterocycles. The van der Waals surface area contributed by atoms with Gasteiger partial charge < -0.3 is 4.90 Å². The van der Waals surface area contributed by atoms with Crippen LogP contribution in [0.5, 0.6) is 0 Å². The molecule has 0 unspecified atom stereocenters. The molecule has 1 nitrogen and oxygen atoms in total. The van der Waals surface area contributed by atoms with Gasteiger partial charge in [0, 0.05) is 0 Å². The van der Waals surface area contributed by atoms with E-state index >= 15 is 0 Å². The fraction of sp³-hybridized carbons (Fsp3) is 0.500. The summed E-state index contributed by atoms with van der Waals surface area (Å²) in [4.78, 5) is 3.36. The van der Waals surface area contributed by atoms with E-state index in [2.05, 4.69) is 11.6 Å². The lowest BCUT2D eigenvalue weighted by atomic mass is 10.0. The summed E-state index contributed by atoms with van der Waals surface area (Å²) in [5.74, 6) is 0. The maximum atomic E-state index is 3.36. The van der Waals surface area contributed by atoms with Crippen LogP contribution in [-0.2, 0) is 0 Å². The van der Waals surface area contributed by atoms with E-state index in [0.29, 0.717) is 0 Å². The van der Waals surface area contributed by atoms with Crippen molar-refractivity contribution in [2.24, 2.45) is 4.90 Å². The Kier molecular flexibility index (Phi) is 2.55. The number of rotatable bonds is 1. The molecular weight excluding hydrogens is 48.8 g/mol. The molecule has 0 fully saturated rings. The summed E-state index contributed by atoms with van der Waals surface area (Å²) in [6, 6.07) is 0. The Balaban J connectivity index is 2.30. The van der Waals surface area contributed by atoms with E-state index in [4.69, 9.17) is 0 Å². The first-order valence-corrected chi connectivity index (χ1v) is 1.15. The van der Waals surface area contributed by atoms with Crippen molar-refractivity contribution in [2.75, 3.05) is 0 Å². The van der Waals surface area contributed by atoms with Crippen LogP contribution in [0, 0.1) is 0 Å². The van der Waals surface area contributed by atoms with Crippen molar-refractivity contribution in [3.63, 3.8) is 0 Å². The molecule has 0 aliphatic rings. The highest BCUT2D eigenvalue weighted by atomic mass is 14.5. The molecule has 0 aliphatic carbocycles. The highest BCUT2D eigenvalue weighted by Gasteiger charge is 1.53. The third-order valence-corrected chi connectivity index (χ3v) is 0.183. The Morgan fingerprint density at radius 1 is 2.00 bits per heavy atom. The summed E-state index contributed by atoms with van der Waals surface area (Å²) in [6.45, 7) is 5.00. The molecule has 2 heteroatoms. The largest absolute Gasteiger partial charge is 0.363 e. The molecule has 0 heterocycles. The van der Waals surface area contributed by atoms with Crippen LogP contribution in [0.3, 0.4) is 0 Å². The lowest BCUT2D eigenvalue weighted by molar-refractivity contribution is 1.89. The summed E-state index contributed by atoms with van der Waals surface area (Å²) in [7, 11) is 1.64. The molecule has 0 atom stereocenters. The van der Waals surface area contributed by atoms with Crippen LogP contribution in [0.25, 0.3) is 0 Å². The van der Waals surface area contributed by atoms with Gasteiger partial charge in [0.05, 0.1) is 0 Å². The highest BCUT2D eigenvalue weighted by molar-refractivity contribution is 6.32. The van der Waals surface area contributed by atoms with Crippen LogP contribution in [-0.4, -0.2) is 14.1 Å². The molecular formula is C2H5BN. The van der Waals surface area contributed by atoms with E-state index in [1.54, 1.807) is 7.41 Å². The van der Waals surface area contributed by atoms with Crippen molar-refractivity contribution in [3.05, 3.63) is 0 Å². The topological polar surface area (TPSA) is 12.4 Å². The SMILES string of the molecule is C=N[B]C. The van der Waals surface area contributed by atoms with Crippen LogP contribution >= 0.6 is 0 Å². The van der Waals surface area contributed by atoms with Gasteiger partial charge in [0.15, 0.2) is 0 Å². The second-order valence-electron chi connectivity index (χ2n) is 0.441. The van der Waals surface area contributed by atoms with E-state index in [1.807, 2.05) is 6.82 Å². The molecule has 0 aromatic rings. The van der Waals surface area contributed by atoms with Gasteiger partial charge in [-0.15, -0.1) is 0 Å². The molecule has 0 N–H and O–H groups in total. The van der Waals surface area contributed by atoms with Gasteiger partial charge in [0.1, 0.15) is 0 Å². The highest BCUT2D eigenvalue weighted by Crippen LogP contribution is 1.45. The zero-order valence-corrected chi connectivity index (χ0v) is 2.73. The molecule has 0 saturated carbocycles. The standard InChI is InChI=1S/C2H5BN/c1-3-4-2/h2H2,1H3. The molecule has 0 aromatic carbocycles. The number of hydrogen-bond donors (Lipinski definition) is 0. The van der Waals surface area contributed by atoms with Gasteiger partial charge in [-0.3, -0.25) is 0 Å². The molecule has 0 spiro atoms. The van der Waals surface area contributed by atoms with Crippen LogP contribution in [0.2, 0.25) is 6.82 Å². The third-order valence-electron chi connectivity index (χ3n) is 0.183. The first-order valence-electron chi connectivity index (χ1n) is 1.15. The lowest BCUT2D eigenvalue weighted by Crippen LogP contribution is -1.62. The Hall–Kier alpha value is -0.265. The van der Waals surface area contributed by atoms with Gasteiger partial charge in [-0.25, -0.2) is 0 Å². The lowest BCUT2D eigenvalue weighted by Gasteiger charge is -1.56. The second-order valence-corrected chi connectivity index (χ2v) is 0.441. The Morgan fingerprint density at radius 2 is 2.25 bits per heavy atom. The minimum atomic E-state index is 1.64. The van der Waals surface area contributed by atoms with Crippen molar-refractivity contribution in [1.82, 2.24) is 0 Å². The maximum Gasteiger partial charge on any atom is 0.270 e. The second kappa shape index (κ2) is 2.73. The molecule has 0 aromatic heterocycles. The first-order chi connectivity index (χ1) is 1.91. The zero-order chi connectivity index (χ0) is 3.41. The van der Waals surface area contributed by atoms with E-state index < -0.39 is 0 Å². The Bertz CT molecular complexity index is 20.0. The van der Waals surface area contributed by atoms with Crippen molar-refractivity contribution >= 4 is 14.1 Å². The first kappa shape index (κ1) is 3.73. The molecule has 21 valence electrons. The summed E-state index contributed by atoms with van der Waals surface area (Å²) in [6.07, 6.45) is 0. The average molecular weight is 53.9 g/mol. The number of hydrogen-bond acceptors (Lipinski definition) is 1. The summed E-state index contributed by atoms with van der Waals surface area (Å²) in [5, 5.41) is 0. The minimum absolute atomic E-state index is 1.64. The van der Waals surface area contributed by atoms with Gasteiger partial charge in [0.25, 0.3) is 7.41 Å². The molecule has 1 radical (unpaired) electrons.